The number of fused-ring (bicyclic) bond motifs is 1. The molecule has 1 unspecified atom stereocenters. The summed E-state index contributed by atoms with van der Waals surface area (Å²) >= 11 is 0. The SMILES string of the molecule is Cc1ccc(NC(=O)C2=C(C(C)C)Nc3ncnn3C2c2cn(-c3ccccc3)nc2-c2ccccc2)nc1. The number of para-hydroxylation sites is 1. The van der Waals surface area contributed by atoms with E-state index in [1.807, 2.05) is 98.4 Å². The molecule has 0 spiro atoms. The minimum Gasteiger partial charge on any atom is -0.327 e. The van der Waals surface area contributed by atoms with Crippen molar-refractivity contribution in [2.75, 3.05) is 10.6 Å². The Kier molecular flexibility index (Phi) is 6.24. The number of rotatable bonds is 6. The number of hydrogen-bond acceptors (Lipinski definition) is 6. The summed E-state index contributed by atoms with van der Waals surface area (Å²) in [5.41, 5.74) is 5.77. The number of aryl methyl sites for hydroxylation is 1. The van der Waals surface area contributed by atoms with Crippen molar-refractivity contribution in [1.82, 2.24) is 29.5 Å². The molecule has 1 aliphatic rings. The molecule has 9 heteroatoms. The summed E-state index contributed by atoms with van der Waals surface area (Å²) in [6.07, 6.45) is 5.21. The maximum absolute atomic E-state index is 14.1. The molecule has 2 N–H and O–H groups in total. The number of carbonyl (C=O) groups excluding carboxylic acids is 1. The molecule has 0 aliphatic carbocycles. The van der Waals surface area contributed by atoms with Gasteiger partial charge in [0.15, 0.2) is 0 Å². The molecule has 0 bridgehead atoms. The van der Waals surface area contributed by atoms with Crippen LogP contribution in [0.2, 0.25) is 0 Å². The third-order valence-corrected chi connectivity index (χ3v) is 6.71. The van der Waals surface area contributed by atoms with Crippen LogP contribution in [0.5, 0.6) is 0 Å². The molecule has 0 saturated carbocycles. The van der Waals surface area contributed by atoms with Crippen LogP contribution in [0, 0.1) is 12.8 Å². The van der Waals surface area contributed by atoms with Crippen molar-refractivity contribution in [3.63, 3.8) is 0 Å². The van der Waals surface area contributed by atoms with E-state index in [9.17, 15) is 4.79 Å². The number of benzene rings is 2. The summed E-state index contributed by atoms with van der Waals surface area (Å²) in [6.45, 7) is 6.06. The fourth-order valence-electron chi connectivity index (χ4n) is 4.82. The van der Waals surface area contributed by atoms with E-state index in [1.165, 1.54) is 6.33 Å². The molecule has 0 saturated heterocycles. The molecule has 6 rings (SSSR count). The van der Waals surface area contributed by atoms with Crippen LogP contribution in [0.4, 0.5) is 11.8 Å². The van der Waals surface area contributed by atoms with E-state index in [0.717, 1.165) is 33.8 Å². The second kappa shape index (κ2) is 10.0. The molecule has 0 fully saturated rings. The fraction of sp³-hybridized carbons (Fsp3) is 0.167. The van der Waals surface area contributed by atoms with Crippen molar-refractivity contribution in [1.29, 1.82) is 0 Å². The number of nitrogens with one attached hydrogen (secondary N) is 2. The molecule has 1 atom stereocenters. The van der Waals surface area contributed by atoms with Crippen molar-refractivity contribution in [2.45, 2.75) is 26.8 Å². The maximum atomic E-state index is 14.1. The van der Waals surface area contributed by atoms with Gasteiger partial charge in [-0.25, -0.2) is 14.3 Å². The van der Waals surface area contributed by atoms with E-state index in [1.54, 1.807) is 16.9 Å². The zero-order valence-corrected chi connectivity index (χ0v) is 21.9. The van der Waals surface area contributed by atoms with Gasteiger partial charge in [-0.2, -0.15) is 15.2 Å². The van der Waals surface area contributed by atoms with Crippen LogP contribution in [-0.2, 0) is 4.79 Å². The minimum atomic E-state index is -0.584. The summed E-state index contributed by atoms with van der Waals surface area (Å²) in [4.78, 5) is 22.9. The lowest BCUT2D eigenvalue weighted by atomic mass is 9.90. The van der Waals surface area contributed by atoms with Crippen molar-refractivity contribution < 1.29 is 4.79 Å². The van der Waals surface area contributed by atoms with Crippen molar-refractivity contribution >= 4 is 17.7 Å². The van der Waals surface area contributed by atoms with Crippen molar-refractivity contribution in [3.05, 3.63) is 114 Å². The van der Waals surface area contributed by atoms with Crippen LogP contribution in [0.1, 0.15) is 31.0 Å². The predicted octanol–water partition coefficient (Wildman–Crippen LogP) is 5.40. The third kappa shape index (κ3) is 4.59. The Hall–Kier alpha value is -5.05. The number of anilines is 2. The standard InChI is InChI=1S/C30H28N8O/c1-19(2)26-25(29(39)34-24-15-14-20(3)16-31-24)28(38-30(35-26)32-18-33-38)23-17-37(22-12-8-5-9-13-22)36-27(23)21-10-6-4-7-11-21/h4-19,28H,1-3H3,(H,31,34,39)(H,32,33,35). The van der Waals surface area contributed by atoms with Gasteiger partial charge in [-0.05, 0) is 36.6 Å². The molecular weight excluding hydrogens is 488 g/mol. The topological polar surface area (TPSA) is 103 Å². The highest BCUT2D eigenvalue weighted by molar-refractivity contribution is 6.05. The molecule has 4 heterocycles. The van der Waals surface area contributed by atoms with Gasteiger partial charge >= 0.3 is 0 Å². The number of pyridine rings is 1. The summed E-state index contributed by atoms with van der Waals surface area (Å²) in [7, 11) is 0. The molecule has 9 nitrogen and oxygen atoms in total. The van der Waals surface area contributed by atoms with Gasteiger partial charge in [-0.1, -0.05) is 68.4 Å². The lowest BCUT2D eigenvalue weighted by molar-refractivity contribution is -0.113. The lowest BCUT2D eigenvalue weighted by Gasteiger charge is -2.31. The van der Waals surface area contributed by atoms with Crippen molar-refractivity contribution in [2.24, 2.45) is 5.92 Å². The second-order valence-electron chi connectivity index (χ2n) is 9.79. The number of amides is 1. The molecule has 3 aromatic heterocycles. The van der Waals surface area contributed by atoms with Crippen molar-refractivity contribution in [3.8, 4) is 16.9 Å². The first kappa shape index (κ1) is 24.3. The van der Waals surface area contributed by atoms with Gasteiger partial charge in [0.1, 0.15) is 18.2 Å². The van der Waals surface area contributed by atoms with E-state index >= 15 is 0 Å². The highest BCUT2D eigenvalue weighted by atomic mass is 16.1. The summed E-state index contributed by atoms with van der Waals surface area (Å²) in [5.74, 6) is 0.794. The van der Waals surface area contributed by atoms with Crippen LogP contribution >= 0.6 is 0 Å². The maximum Gasteiger partial charge on any atom is 0.257 e. The fourth-order valence-corrected chi connectivity index (χ4v) is 4.82. The van der Waals surface area contributed by atoms with Crippen LogP contribution < -0.4 is 10.6 Å². The molecule has 2 aromatic carbocycles. The average Bonchev–Trinajstić information content (AvgIpc) is 3.62. The minimum absolute atomic E-state index is 0.00835. The first-order valence-electron chi connectivity index (χ1n) is 12.8. The van der Waals surface area contributed by atoms with Crippen LogP contribution in [0.15, 0.2) is 103 Å². The number of aromatic nitrogens is 6. The lowest BCUT2D eigenvalue weighted by Crippen LogP contribution is -2.33. The molecule has 1 amide bonds. The van der Waals surface area contributed by atoms with E-state index in [0.29, 0.717) is 17.3 Å². The number of nitrogens with zero attached hydrogens (tertiary/aromatic N) is 6. The molecular formula is C30H28N8O. The Morgan fingerprint density at radius 2 is 1.72 bits per heavy atom. The largest absolute Gasteiger partial charge is 0.327 e. The molecule has 1 aliphatic heterocycles. The number of allylic oxidation sites excluding steroid dienone is 1. The monoisotopic (exact) mass is 516 g/mol. The Morgan fingerprint density at radius 1 is 0.974 bits per heavy atom. The first-order valence-corrected chi connectivity index (χ1v) is 12.8. The zero-order valence-electron chi connectivity index (χ0n) is 21.9. The van der Waals surface area contributed by atoms with E-state index < -0.39 is 6.04 Å². The normalized spacial score (nSPS) is 14.7. The molecule has 194 valence electrons. The van der Waals surface area contributed by atoms with Gasteiger partial charge in [0.05, 0.1) is 17.0 Å². The second-order valence-corrected chi connectivity index (χ2v) is 9.79. The average molecular weight is 517 g/mol. The van der Waals surface area contributed by atoms with E-state index in [2.05, 4.69) is 25.7 Å². The van der Waals surface area contributed by atoms with E-state index in [-0.39, 0.29) is 11.8 Å². The summed E-state index contributed by atoms with van der Waals surface area (Å²) < 4.78 is 3.60. The zero-order chi connectivity index (χ0) is 26.9. The number of carbonyl (C=O) groups is 1. The first-order chi connectivity index (χ1) is 19.0. The highest BCUT2D eigenvalue weighted by Crippen LogP contribution is 2.41. The van der Waals surface area contributed by atoms with Gasteiger partial charge in [0.25, 0.3) is 5.91 Å². The summed E-state index contributed by atoms with van der Waals surface area (Å²) in [5, 5.41) is 15.9. The Morgan fingerprint density at radius 3 is 2.41 bits per heavy atom. The summed E-state index contributed by atoms with van der Waals surface area (Å²) in [6, 6.07) is 23.0. The Bertz CT molecular complexity index is 1650. The van der Waals surface area contributed by atoms with Crippen LogP contribution in [-0.4, -0.2) is 35.4 Å². The van der Waals surface area contributed by atoms with Gasteiger partial charge in [0, 0.05) is 29.2 Å². The van der Waals surface area contributed by atoms with Gasteiger partial charge in [0.2, 0.25) is 5.95 Å². The Balaban J connectivity index is 1.56. The third-order valence-electron chi connectivity index (χ3n) is 6.71. The molecule has 0 radical (unpaired) electrons. The van der Waals surface area contributed by atoms with Gasteiger partial charge < -0.3 is 10.6 Å². The van der Waals surface area contributed by atoms with Gasteiger partial charge in [-0.3, -0.25) is 4.79 Å². The highest BCUT2D eigenvalue weighted by Gasteiger charge is 2.38. The number of hydrogen-bond donors (Lipinski definition) is 2. The molecule has 39 heavy (non-hydrogen) atoms. The Labute approximate surface area is 226 Å². The van der Waals surface area contributed by atoms with Crippen LogP contribution in [0.3, 0.4) is 0 Å². The smallest absolute Gasteiger partial charge is 0.257 e. The van der Waals surface area contributed by atoms with E-state index in [4.69, 9.17) is 5.10 Å². The quantitative estimate of drug-likeness (QED) is 0.313. The van der Waals surface area contributed by atoms with Gasteiger partial charge in [-0.15, -0.1) is 0 Å². The van der Waals surface area contributed by atoms with Crippen LogP contribution in [0.25, 0.3) is 16.9 Å². The predicted molar refractivity (Wildman–Crippen MR) is 150 cm³/mol. The molecule has 5 aromatic rings.